The zero-order valence-electron chi connectivity index (χ0n) is 12.3. The van der Waals surface area contributed by atoms with E-state index >= 15 is 0 Å². The lowest BCUT2D eigenvalue weighted by atomic mass is 10.1. The van der Waals surface area contributed by atoms with Gasteiger partial charge in [0.2, 0.25) is 5.91 Å². The van der Waals surface area contributed by atoms with Crippen LogP contribution in [0.5, 0.6) is 11.5 Å². The maximum absolute atomic E-state index is 12.2. The zero-order valence-corrected chi connectivity index (χ0v) is 12.3. The molecule has 0 radical (unpaired) electrons. The second-order valence-corrected chi connectivity index (χ2v) is 4.46. The molecule has 0 spiro atoms. The fourth-order valence-corrected chi connectivity index (χ4v) is 1.90. The van der Waals surface area contributed by atoms with Crippen molar-refractivity contribution >= 4 is 17.5 Å². The van der Waals surface area contributed by atoms with Crippen LogP contribution in [0.15, 0.2) is 42.5 Å². The number of nitrogens with one attached hydrogen (secondary N) is 1. The van der Waals surface area contributed by atoms with Gasteiger partial charge in [-0.25, -0.2) is 0 Å². The highest BCUT2D eigenvalue weighted by atomic mass is 16.5. The molecule has 0 aliphatic heterocycles. The molecule has 0 aliphatic carbocycles. The van der Waals surface area contributed by atoms with Gasteiger partial charge in [-0.1, -0.05) is 0 Å². The SMILES string of the molecule is COc1ccc(C(=O)Nc2cc(C(N)=O)ccc2OC)cc1. The maximum Gasteiger partial charge on any atom is 0.255 e. The molecule has 0 atom stereocenters. The molecule has 2 aromatic rings. The van der Waals surface area contributed by atoms with Gasteiger partial charge in [0.15, 0.2) is 0 Å². The lowest BCUT2D eigenvalue weighted by Crippen LogP contribution is -2.15. The molecule has 6 heteroatoms. The molecule has 3 N–H and O–H groups in total. The number of hydrogen-bond acceptors (Lipinski definition) is 4. The Balaban J connectivity index is 2.26. The molecule has 0 aliphatic rings. The summed E-state index contributed by atoms with van der Waals surface area (Å²) in [6.45, 7) is 0. The zero-order chi connectivity index (χ0) is 16.1. The van der Waals surface area contributed by atoms with E-state index in [-0.39, 0.29) is 11.5 Å². The predicted octanol–water partition coefficient (Wildman–Crippen LogP) is 2.05. The first kappa shape index (κ1) is 15.4. The topological polar surface area (TPSA) is 90.6 Å². The normalized spacial score (nSPS) is 9.91. The Labute approximate surface area is 127 Å². The van der Waals surface area contributed by atoms with Crippen molar-refractivity contribution in [2.45, 2.75) is 0 Å². The minimum Gasteiger partial charge on any atom is -0.497 e. The number of amides is 2. The quantitative estimate of drug-likeness (QED) is 0.884. The summed E-state index contributed by atoms with van der Waals surface area (Å²) in [5.41, 5.74) is 6.35. The highest BCUT2D eigenvalue weighted by Crippen LogP contribution is 2.26. The fraction of sp³-hybridized carbons (Fsp3) is 0.125. The van der Waals surface area contributed by atoms with Gasteiger partial charge >= 0.3 is 0 Å². The third-order valence-corrected chi connectivity index (χ3v) is 3.08. The van der Waals surface area contributed by atoms with E-state index in [1.54, 1.807) is 37.4 Å². The molecule has 0 bridgehead atoms. The summed E-state index contributed by atoms with van der Waals surface area (Å²) < 4.78 is 10.2. The molecular formula is C16H16N2O4. The van der Waals surface area contributed by atoms with Crippen molar-refractivity contribution in [1.29, 1.82) is 0 Å². The summed E-state index contributed by atoms with van der Waals surface area (Å²) in [6.07, 6.45) is 0. The summed E-state index contributed by atoms with van der Waals surface area (Å²) in [5.74, 6) is 0.182. The Morgan fingerprint density at radius 3 is 2.14 bits per heavy atom. The number of anilines is 1. The Morgan fingerprint density at radius 1 is 0.955 bits per heavy atom. The number of nitrogens with two attached hydrogens (primary N) is 1. The van der Waals surface area contributed by atoms with E-state index < -0.39 is 5.91 Å². The van der Waals surface area contributed by atoms with Crippen LogP contribution in [0.25, 0.3) is 0 Å². The Bertz CT molecular complexity index is 696. The van der Waals surface area contributed by atoms with Crippen LogP contribution in [0, 0.1) is 0 Å². The van der Waals surface area contributed by atoms with E-state index in [4.69, 9.17) is 15.2 Å². The predicted molar refractivity (Wildman–Crippen MR) is 82.5 cm³/mol. The summed E-state index contributed by atoms with van der Waals surface area (Å²) in [7, 11) is 3.03. The van der Waals surface area contributed by atoms with Crippen molar-refractivity contribution in [2.24, 2.45) is 5.73 Å². The van der Waals surface area contributed by atoms with Gasteiger partial charge in [0, 0.05) is 11.1 Å². The molecule has 0 saturated carbocycles. The van der Waals surface area contributed by atoms with E-state index in [1.807, 2.05) is 0 Å². The minimum absolute atomic E-state index is 0.283. The first-order chi connectivity index (χ1) is 10.5. The van der Waals surface area contributed by atoms with Crippen LogP contribution in [-0.2, 0) is 0 Å². The molecule has 6 nitrogen and oxygen atoms in total. The van der Waals surface area contributed by atoms with Crippen LogP contribution in [0.2, 0.25) is 0 Å². The van der Waals surface area contributed by atoms with Crippen LogP contribution in [0.3, 0.4) is 0 Å². The number of ether oxygens (including phenoxy) is 2. The molecule has 0 heterocycles. The van der Waals surface area contributed by atoms with Crippen LogP contribution >= 0.6 is 0 Å². The molecule has 0 aromatic heterocycles. The third-order valence-electron chi connectivity index (χ3n) is 3.08. The van der Waals surface area contributed by atoms with E-state index in [9.17, 15) is 9.59 Å². The number of carbonyl (C=O) groups is 2. The van der Waals surface area contributed by atoms with E-state index in [2.05, 4.69) is 5.32 Å². The summed E-state index contributed by atoms with van der Waals surface area (Å²) in [4.78, 5) is 23.5. The first-order valence-corrected chi connectivity index (χ1v) is 6.48. The molecule has 22 heavy (non-hydrogen) atoms. The second kappa shape index (κ2) is 6.62. The van der Waals surface area contributed by atoms with Crippen molar-refractivity contribution in [1.82, 2.24) is 0 Å². The fourth-order valence-electron chi connectivity index (χ4n) is 1.90. The highest BCUT2D eigenvalue weighted by molar-refractivity contribution is 6.06. The summed E-state index contributed by atoms with van der Waals surface area (Å²) >= 11 is 0. The smallest absolute Gasteiger partial charge is 0.255 e. The van der Waals surface area contributed by atoms with Crippen molar-refractivity contribution in [3.8, 4) is 11.5 Å². The van der Waals surface area contributed by atoms with Crippen molar-refractivity contribution < 1.29 is 19.1 Å². The van der Waals surface area contributed by atoms with E-state index in [1.165, 1.54) is 19.2 Å². The van der Waals surface area contributed by atoms with Gasteiger partial charge in [-0.2, -0.15) is 0 Å². The van der Waals surface area contributed by atoms with Gasteiger partial charge in [0.1, 0.15) is 11.5 Å². The van der Waals surface area contributed by atoms with Crippen LogP contribution < -0.4 is 20.5 Å². The number of benzene rings is 2. The highest BCUT2D eigenvalue weighted by Gasteiger charge is 2.12. The third kappa shape index (κ3) is 3.35. The Kier molecular flexibility index (Phi) is 4.63. The lowest BCUT2D eigenvalue weighted by molar-refractivity contribution is 0.0996. The van der Waals surface area contributed by atoms with Gasteiger partial charge in [-0.3, -0.25) is 9.59 Å². The lowest BCUT2D eigenvalue weighted by Gasteiger charge is -2.11. The molecule has 0 fully saturated rings. The molecule has 114 valence electrons. The number of carbonyl (C=O) groups excluding carboxylic acids is 2. The number of primary amides is 1. The van der Waals surface area contributed by atoms with Crippen LogP contribution in [0.1, 0.15) is 20.7 Å². The Hall–Kier alpha value is -3.02. The summed E-state index contributed by atoms with van der Waals surface area (Å²) in [6, 6.07) is 11.2. The van der Waals surface area contributed by atoms with Gasteiger partial charge in [-0.15, -0.1) is 0 Å². The molecule has 0 unspecified atom stereocenters. The Morgan fingerprint density at radius 2 is 1.59 bits per heavy atom. The first-order valence-electron chi connectivity index (χ1n) is 6.48. The van der Waals surface area contributed by atoms with Gasteiger partial charge in [0.25, 0.3) is 5.91 Å². The average Bonchev–Trinajstić information content (AvgIpc) is 2.54. The maximum atomic E-state index is 12.2. The van der Waals surface area contributed by atoms with Crippen LogP contribution in [-0.4, -0.2) is 26.0 Å². The number of rotatable bonds is 5. The average molecular weight is 300 g/mol. The van der Waals surface area contributed by atoms with E-state index in [0.717, 1.165) is 0 Å². The molecule has 2 aromatic carbocycles. The van der Waals surface area contributed by atoms with E-state index in [0.29, 0.717) is 22.7 Å². The van der Waals surface area contributed by atoms with Gasteiger partial charge in [0.05, 0.1) is 19.9 Å². The minimum atomic E-state index is -0.581. The molecule has 2 rings (SSSR count). The summed E-state index contributed by atoms with van der Waals surface area (Å²) in [5, 5.41) is 2.70. The van der Waals surface area contributed by atoms with Gasteiger partial charge in [-0.05, 0) is 42.5 Å². The molecule has 2 amide bonds. The molecular weight excluding hydrogens is 284 g/mol. The van der Waals surface area contributed by atoms with Crippen molar-refractivity contribution in [3.63, 3.8) is 0 Å². The largest absolute Gasteiger partial charge is 0.497 e. The monoisotopic (exact) mass is 300 g/mol. The van der Waals surface area contributed by atoms with Crippen LogP contribution in [0.4, 0.5) is 5.69 Å². The van der Waals surface area contributed by atoms with Crippen molar-refractivity contribution in [3.05, 3.63) is 53.6 Å². The second-order valence-electron chi connectivity index (χ2n) is 4.46. The van der Waals surface area contributed by atoms with Crippen molar-refractivity contribution in [2.75, 3.05) is 19.5 Å². The molecule has 0 saturated heterocycles. The number of methoxy groups -OCH3 is 2. The standard InChI is InChI=1S/C16H16N2O4/c1-21-12-6-3-10(4-7-12)16(20)18-13-9-11(15(17)19)5-8-14(13)22-2/h3-9H,1-2H3,(H2,17,19)(H,18,20). The van der Waals surface area contributed by atoms with Gasteiger partial charge < -0.3 is 20.5 Å². The number of hydrogen-bond donors (Lipinski definition) is 2.